The van der Waals surface area contributed by atoms with E-state index in [9.17, 15) is 13.2 Å². The van der Waals surface area contributed by atoms with Crippen molar-refractivity contribution in [2.24, 2.45) is 0 Å². The van der Waals surface area contributed by atoms with Crippen LogP contribution in [0.3, 0.4) is 0 Å². The molecule has 7 heteroatoms. The average molecular weight is 280 g/mol. The average Bonchev–Trinajstić information content (AvgIpc) is 2.34. The van der Waals surface area contributed by atoms with Gasteiger partial charge in [0, 0.05) is 25.1 Å². The monoisotopic (exact) mass is 280 g/mol. The number of aromatic nitrogens is 1. The summed E-state index contributed by atoms with van der Waals surface area (Å²) in [7, 11) is 3.41. The predicted octanol–water partition coefficient (Wildman–Crippen LogP) is 2.43. The minimum Gasteiger partial charge on any atom is -0.383 e. The van der Waals surface area contributed by atoms with Crippen LogP contribution in [0.2, 0.25) is 0 Å². The number of nitrogens with one attached hydrogen (secondary N) is 1. The third kappa shape index (κ3) is 4.83. The van der Waals surface area contributed by atoms with Gasteiger partial charge in [-0.3, -0.25) is 0 Å². The Bertz CT molecular complexity index is 356. The molecule has 1 unspecified atom stereocenters. The Morgan fingerprint density at radius 3 is 2.61 bits per heavy atom. The summed E-state index contributed by atoms with van der Waals surface area (Å²) in [6, 6.07) is 2.57. The molecule has 0 saturated carbocycles. The lowest BCUT2D eigenvalue weighted by Gasteiger charge is -2.14. The van der Waals surface area contributed by atoms with E-state index in [1.54, 1.807) is 7.11 Å². The summed E-state index contributed by atoms with van der Waals surface area (Å²) in [6.45, 7) is 0.546. The lowest BCUT2D eigenvalue weighted by Crippen LogP contribution is -2.32. The number of nitrogens with zero attached hydrogens (tertiary/aromatic N) is 1. The molecule has 0 aliphatic heterocycles. The van der Waals surface area contributed by atoms with Gasteiger partial charge >= 0.3 is 6.18 Å². The fraction of sp³-hybridized carbons (Fsp3) is 0.545. The van der Waals surface area contributed by atoms with Crippen molar-refractivity contribution in [3.63, 3.8) is 0 Å². The number of thioether (sulfide) groups is 1. The van der Waals surface area contributed by atoms with Crippen LogP contribution in [-0.4, -0.2) is 37.5 Å². The summed E-state index contributed by atoms with van der Waals surface area (Å²) < 4.78 is 41.9. The van der Waals surface area contributed by atoms with Gasteiger partial charge in [0.1, 0.15) is 0 Å². The highest BCUT2D eigenvalue weighted by atomic mass is 32.2. The Morgan fingerprint density at radius 2 is 2.17 bits per heavy atom. The molecule has 0 fully saturated rings. The highest BCUT2D eigenvalue weighted by molar-refractivity contribution is 7.99. The van der Waals surface area contributed by atoms with Crippen LogP contribution >= 0.6 is 11.8 Å². The Kier molecular flexibility index (Phi) is 5.90. The molecule has 0 aromatic carbocycles. The molecule has 0 aliphatic rings. The van der Waals surface area contributed by atoms with E-state index in [1.807, 2.05) is 7.05 Å². The van der Waals surface area contributed by atoms with E-state index in [2.05, 4.69) is 10.3 Å². The second-order valence-electron chi connectivity index (χ2n) is 3.63. The molecule has 18 heavy (non-hydrogen) atoms. The SMILES string of the molecule is CNC(COC)CSc1ccc(C(F)(F)F)cn1. The second-order valence-corrected chi connectivity index (χ2v) is 4.68. The van der Waals surface area contributed by atoms with Crippen LogP contribution in [0.25, 0.3) is 0 Å². The summed E-state index contributed by atoms with van der Waals surface area (Å²) in [6.07, 6.45) is -3.48. The first-order chi connectivity index (χ1) is 8.47. The summed E-state index contributed by atoms with van der Waals surface area (Å²) in [4.78, 5) is 3.79. The zero-order chi connectivity index (χ0) is 13.6. The van der Waals surface area contributed by atoms with Crippen LogP contribution in [0.1, 0.15) is 5.56 Å². The van der Waals surface area contributed by atoms with Crippen molar-refractivity contribution in [3.8, 4) is 0 Å². The van der Waals surface area contributed by atoms with Crippen molar-refractivity contribution in [2.75, 3.05) is 26.5 Å². The first-order valence-electron chi connectivity index (χ1n) is 5.29. The summed E-state index contributed by atoms with van der Waals surface area (Å²) in [5, 5.41) is 3.62. The molecule has 1 N–H and O–H groups in total. The van der Waals surface area contributed by atoms with E-state index >= 15 is 0 Å². The van der Waals surface area contributed by atoms with Crippen molar-refractivity contribution in [1.82, 2.24) is 10.3 Å². The molecule has 1 heterocycles. The van der Waals surface area contributed by atoms with Gasteiger partial charge < -0.3 is 10.1 Å². The number of likely N-dealkylation sites (N-methyl/N-ethyl adjacent to an activating group) is 1. The van der Waals surface area contributed by atoms with Gasteiger partial charge in [-0.15, -0.1) is 11.8 Å². The molecular formula is C11H15F3N2OS. The Balaban J connectivity index is 2.53. The van der Waals surface area contributed by atoms with Crippen LogP contribution < -0.4 is 5.32 Å². The van der Waals surface area contributed by atoms with E-state index in [1.165, 1.54) is 17.8 Å². The topological polar surface area (TPSA) is 34.1 Å². The molecule has 0 aliphatic carbocycles. The third-order valence-corrected chi connectivity index (χ3v) is 3.38. The molecule has 0 amide bonds. The number of pyridine rings is 1. The molecule has 1 aromatic heterocycles. The van der Waals surface area contributed by atoms with Crippen molar-refractivity contribution < 1.29 is 17.9 Å². The number of methoxy groups -OCH3 is 1. The van der Waals surface area contributed by atoms with Gasteiger partial charge in [0.15, 0.2) is 0 Å². The highest BCUT2D eigenvalue weighted by Gasteiger charge is 2.30. The van der Waals surface area contributed by atoms with E-state index < -0.39 is 11.7 Å². The van der Waals surface area contributed by atoms with Gasteiger partial charge in [0.2, 0.25) is 0 Å². The van der Waals surface area contributed by atoms with E-state index in [0.717, 1.165) is 12.3 Å². The summed E-state index contributed by atoms with van der Waals surface area (Å²) in [5.74, 6) is 0.683. The van der Waals surface area contributed by atoms with Gasteiger partial charge in [0.25, 0.3) is 0 Å². The molecule has 0 saturated heterocycles. The zero-order valence-electron chi connectivity index (χ0n) is 10.1. The highest BCUT2D eigenvalue weighted by Crippen LogP contribution is 2.29. The van der Waals surface area contributed by atoms with E-state index in [-0.39, 0.29) is 6.04 Å². The van der Waals surface area contributed by atoms with Crippen molar-refractivity contribution in [3.05, 3.63) is 23.9 Å². The molecule has 1 rings (SSSR count). The standard InChI is InChI=1S/C11H15F3N2OS/c1-15-9(6-17-2)7-18-10-4-3-8(5-16-10)11(12,13)14/h3-5,9,15H,6-7H2,1-2H3. The van der Waals surface area contributed by atoms with Crippen LogP contribution in [0.15, 0.2) is 23.4 Å². The van der Waals surface area contributed by atoms with Gasteiger partial charge in [-0.05, 0) is 19.2 Å². The maximum absolute atomic E-state index is 12.3. The maximum Gasteiger partial charge on any atom is 0.417 e. The van der Waals surface area contributed by atoms with E-state index in [0.29, 0.717) is 17.4 Å². The second kappa shape index (κ2) is 6.96. The van der Waals surface area contributed by atoms with Crippen LogP contribution in [0, 0.1) is 0 Å². The Hall–Kier alpha value is -0.790. The van der Waals surface area contributed by atoms with Gasteiger partial charge in [0.05, 0.1) is 17.2 Å². The van der Waals surface area contributed by atoms with Crippen LogP contribution in [0.4, 0.5) is 13.2 Å². The number of ether oxygens (including phenoxy) is 1. The third-order valence-electron chi connectivity index (χ3n) is 2.27. The summed E-state index contributed by atoms with van der Waals surface area (Å²) in [5.41, 5.74) is -0.728. The lowest BCUT2D eigenvalue weighted by molar-refractivity contribution is -0.137. The fourth-order valence-corrected chi connectivity index (χ4v) is 2.16. The molecule has 3 nitrogen and oxygen atoms in total. The number of hydrogen-bond acceptors (Lipinski definition) is 4. The van der Waals surface area contributed by atoms with Crippen LogP contribution in [-0.2, 0) is 10.9 Å². The molecular weight excluding hydrogens is 265 g/mol. The molecule has 0 bridgehead atoms. The summed E-state index contributed by atoms with van der Waals surface area (Å²) >= 11 is 1.39. The zero-order valence-corrected chi connectivity index (χ0v) is 10.9. The maximum atomic E-state index is 12.3. The van der Waals surface area contributed by atoms with Gasteiger partial charge in [-0.2, -0.15) is 13.2 Å². The first kappa shape index (κ1) is 15.3. The number of hydrogen-bond donors (Lipinski definition) is 1. The number of halogens is 3. The Morgan fingerprint density at radius 1 is 1.44 bits per heavy atom. The van der Waals surface area contributed by atoms with Crippen molar-refractivity contribution in [1.29, 1.82) is 0 Å². The minimum absolute atomic E-state index is 0.143. The largest absolute Gasteiger partial charge is 0.417 e. The quantitative estimate of drug-likeness (QED) is 0.812. The molecule has 1 aromatic rings. The van der Waals surface area contributed by atoms with Gasteiger partial charge in [-0.25, -0.2) is 4.98 Å². The number of alkyl halides is 3. The first-order valence-corrected chi connectivity index (χ1v) is 6.28. The Labute approximate surface area is 108 Å². The normalized spacial score (nSPS) is 13.6. The lowest BCUT2D eigenvalue weighted by atomic mass is 10.3. The smallest absolute Gasteiger partial charge is 0.383 e. The van der Waals surface area contributed by atoms with Crippen molar-refractivity contribution in [2.45, 2.75) is 17.2 Å². The predicted molar refractivity (Wildman–Crippen MR) is 64.7 cm³/mol. The molecule has 102 valence electrons. The van der Waals surface area contributed by atoms with Crippen molar-refractivity contribution >= 4 is 11.8 Å². The molecule has 1 atom stereocenters. The number of rotatable bonds is 6. The van der Waals surface area contributed by atoms with Crippen LogP contribution in [0.5, 0.6) is 0 Å². The molecule has 0 radical (unpaired) electrons. The fourth-order valence-electron chi connectivity index (χ4n) is 1.24. The molecule has 0 spiro atoms. The van der Waals surface area contributed by atoms with E-state index in [4.69, 9.17) is 4.74 Å². The van der Waals surface area contributed by atoms with Gasteiger partial charge in [-0.1, -0.05) is 0 Å². The minimum atomic E-state index is -4.33.